The van der Waals surface area contributed by atoms with Crippen molar-refractivity contribution in [2.75, 3.05) is 0 Å². The maximum atomic E-state index is 12.0. The zero-order valence-corrected chi connectivity index (χ0v) is 9.66. The summed E-state index contributed by atoms with van der Waals surface area (Å²) in [4.78, 5) is 12.9. The van der Waals surface area contributed by atoms with Gasteiger partial charge in [-0.15, -0.1) is 0 Å². The van der Waals surface area contributed by atoms with Crippen molar-refractivity contribution in [1.29, 1.82) is 0 Å². The van der Waals surface area contributed by atoms with Gasteiger partial charge in [0.25, 0.3) is 0 Å². The van der Waals surface area contributed by atoms with Gasteiger partial charge in [-0.05, 0) is 18.1 Å². The number of carbonyl (C=O) groups excluding carboxylic acids is 1. The van der Waals surface area contributed by atoms with Crippen molar-refractivity contribution in [3.05, 3.63) is 0 Å². The maximum absolute atomic E-state index is 12.0. The highest BCUT2D eigenvalue weighted by Crippen LogP contribution is 2.21. The van der Waals surface area contributed by atoms with E-state index < -0.39 is 20.3 Å². The first-order valence-corrected chi connectivity index (χ1v) is 7.32. The summed E-state index contributed by atoms with van der Waals surface area (Å²) >= 11 is 0. The van der Waals surface area contributed by atoms with Gasteiger partial charge in [0.1, 0.15) is 0 Å². The largest absolute Gasteiger partial charge is 0.470 e. The van der Waals surface area contributed by atoms with E-state index in [1.807, 2.05) is 20.8 Å². The van der Waals surface area contributed by atoms with E-state index in [2.05, 4.69) is 4.98 Å². The Bertz CT molecular complexity index is 193. The van der Waals surface area contributed by atoms with Crippen LogP contribution in [0, 0.1) is 0 Å². The number of rotatable bonds is 4. The monoisotopic (exact) mass is 227 g/mol. The Morgan fingerprint density at radius 2 is 1.50 bits per heavy atom. The molecule has 0 aromatic carbocycles. The van der Waals surface area contributed by atoms with Gasteiger partial charge in [-0.3, -0.25) is 4.79 Å². The highest BCUT2D eigenvalue weighted by Gasteiger charge is 2.43. The van der Waals surface area contributed by atoms with Gasteiger partial charge in [0.15, 0.2) is 8.24 Å². The third kappa shape index (κ3) is 3.32. The highest BCUT2D eigenvalue weighted by molar-refractivity contribution is 6.79. The third-order valence-electron chi connectivity index (χ3n) is 2.67. The molecule has 14 heavy (non-hydrogen) atoms. The van der Waals surface area contributed by atoms with Crippen LogP contribution in [-0.4, -0.2) is 20.3 Å². The second-order valence-corrected chi connectivity index (χ2v) is 8.22. The Morgan fingerprint density at radius 3 is 1.71 bits per heavy atom. The number of carbonyl (C=O) groups is 1. The molecule has 6 heteroatoms. The summed E-state index contributed by atoms with van der Waals surface area (Å²) < 4.78 is 36.0. The summed E-state index contributed by atoms with van der Waals surface area (Å²) in [6.45, 7) is 5.49. The lowest BCUT2D eigenvalue weighted by Crippen LogP contribution is -2.55. The molecule has 0 heterocycles. The minimum atomic E-state index is -4.75. The molecule has 0 atom stereocenters. The predicted octanol–water partition coefficient (Wildman–Crippen LogP) is 2.67. The smallest absolute Gasteiger partial charge is 0.374 e. The molecule has 0 fully saturated rings. The molecule has 0 saturated heterocycles. The molecule has 0 aliphatic heterocycles. The van der Waals surface area contributed by atoms with Crippen molar-refractivity contribution in [2.24, 2.45) is 0 Å². The lowest BCUT2D eigenvalue weighted by Gasteiger charge is -2.29. The molecule has 0 bridgehead atoms. The van der Waals surface area contributed by atoms with E-state index in [-0.39, 0.29) is 0 Å². The number of hydrogen-bond donors (Lipinski definition) is 1. The first-order valence-electron chi connectivity index (χ1n) is 4.70. The third-order valence-corrected chi connectivity index (χ3v) is 7.48. The normalized spacial score (nSPS) is 12.7. The van der Waals surface area contributed by atoms with Crippen LogP contribution in [0.3, 0.4) is 0 Å². The van der Waals surface area contributed by atoms with E-state index in [1.54, 1.807) is 0 Å². The van der Waals surface area contributed by atoms with Crippen molar-refractivity contribution in [1.82, 2.24) is 4.98 Å². The summed E-state index contributed by atoms with van der Waals surface area (Å²) in [7, 11) is -2.21. The lowest BCUT2D eigenvalue weighted by atomic mass is 10.6. The molecule has 0 unspecified atom stereocenters. The Kier molecular flexibility index (Phi) is 4.63. The van der Waals surface area contributed by atoms with Crippen LogP contribution in [0.2, 0.25) is 18.1 Å². The predicted molar refractivity (Wildman–Crippen MR) is 51.4 cm³/mol. The molecular weight excluding hydrogens is 211 g/mol. The molecule has 1 amide bonds. The molecule has 0 saturated carbocycles. The Hall–Kier alpha value is -0.523. The fraction of sp³-hybridized carbons (Fsp3) is 0.875. The van der Waals surface area contributed by atoms with E-state index in [9.17, 15) is 18.0 Å². The van der Waals surface area contributed by atoms with E-state index in [1.165, 1.54) is 0 Å². The molecule has 0 aliphatic carbocycles. The van der Waals surface area contributed by atoms with Gasteiger partial charge in [0.05, 0.1) is 0 Å². The average molecular weight is 227 g/mol. The number of amides is 1. The fourth-order valence-electron chi connectivity index (χ4n) is 1.33. The number of alkyl halides is 3. The number of hydrogen-bond acceptors (Lipinski definition) is 1. The molecule has 0 aromatic heterocycles. The van der Waals surface area contributed by atoms with Crippen LogP contribution in [0.4, 0.5) is 13.2 Å². The lowest BCUT2D eigenvalue weighted by molar-refractivity contribution is -0.171. The SMILES string of the molecule is CC[Si](CC)(CC)NC(=O)C(F)(F)F. The van der Waals surface area contributed by atoms with Gasteiger partial charge >= 0.3 is 12.1 Å². The quantitative estimate of drug-likeness (QED) is 0.735. The molecule has 0 rings (SSSR count). The molecule has 0 radical (unpaired) electrons. The number of halogens is 3. The maximum Gasteiger partial charge on any atom is 0.470 e. The van der Waals surface area contributed by atoms with E-state index in [4.69, 9.17) is 0 Å². The van der Waals surface area contributed by atoms with Crippen LogP contribution in [0.25, 0.3) is 0 Å². The second-order valence-electron chi connectivity index (χ2n) is 3.29. The molecular formula is C8H16F3NOSi. The first-order chi connectivity index (χ1) is 6.31. The van der Waals surface area contributed by atoms with Crippen LogP contribution < -0.4 is 4.98 Å². The molecule has 84 valence electrons. The molecule has 0 spiro atoms. The van der Waals surface area contributed by atoms with Gasteiger partial charge < -0.3 is 4.98 Å². The topological polar surface area (TPSA) is 29.1 Å². The van der Waals surface area contributed by atoms with Gasteiger partial charge in [0.2, 0.25) is 0 Å². The van der Waals surface area contributed by atoms with Crippen molar-refractivity contribution >= 4 is 14.1 Å². The van der Waals surface area contributed by atoms with E-state index >= 15 is 0 Å². The summed E-state index contributed by atoms with van der Waals surface area (Å²) in [5.74, 6) is -1.78. The molecule has 1 N–H and O–H groups in total. The van der Waals surface area contributed by atoms with Crippen LogP contribution >= 0.6 is 0 Å². The molecule has 0 aliphatic rings. The summed E-state index contributed by atoms with van der Waals surface area (Å²) in [6, 6.07) is 1.92. The van der Waals surface area contributed by atoms with Crippen LogP contribution in [-0.2, 0) is 4.79 Å². The second kappa shape index (κ2) is 4.81. The van der Waals surface area contributed by atoms with Gasteiger partial charge in [-0.2, -0.15) is 13.2 Å². The van der Waals surface area contributed by atoms with Gasteiger partial charge in [0, 0.05) is 0 Å². The fourth-order valence-corrected chi connectivity index (χ4v) is 3.98. The standard InChI is InChI=1S/C8H16F3NOSi/c1-4-14(5-2,6-3)12-7(13)8(9,10)11/h4-6H2,1-3H3,(H,12,13). The van der Waals surface area contributed by atoms with Gasteiger partial charge in [-0.25, -0.2) is 0 Å². The van der Waals surface area contributed by atoms with E-state index in [0.29, 0.717) is 18.1 Å². The first kappa shape index (κ1) is 13.5. The zero-order valence-electron chi connectivity index (χ0n) is 8.66. The summed E-state index contributed by atoms with van der Waals surface area (Å²) in [5, 5.41) is 0. The van der Waals surface area contributed by atoms with Crippen LogP contribution in [0.15, 0.2) is 0 Å². The Labute approximate surface area is 83.0 Å². The number of nitrogens with one attached hydrogen (secondary N) is 1. The van der Waals surface area contributed by atoms with E-state index in [0.717, 1.165) is 0 Å². The molecule has 0 aromatic rings. The van der Waals surface area contributed by atoms with Crippen molar-refractivity contribution in [3.8, 4) is 0 Å². The van der Waals surface area contributed by atoms with Gasteiger partial charge in [-0.1, -0.05) is 20.8 Å². The summed E-state index contributed by atoms with van der Waals surface area (Å²) in [6.07, 6.45) is -4.75. The minimum absolute atomic E-state index is 0.641. The Morgan fingerprint density at radius 1 is 1.14 bits per heavy atom. The van der Waals surface area contributed by atoms with Crippen molar-refractivity contribution in [2.45, 2.75) is 45.1 Å². The summed E-state index contributed by atoms with van der Waals surface area (Å²) in [5.41, 5.74) is 0. The Balaban J connectivity index is 4.54. The highest BCUT2D eigenvalue weighted by atomic mass is 28.3. The zero-order chi connectivity index (χ0) is 11.4. The average Bonchev–Trinajstić information content (AvgIpc) is 2.12. The van der Waals surface area contributed by atoms with Crippen LogP contribution in [0.5, 0.6) is 0 Å². The molecule has 2 nitrogen and oxygen atoms in total. The van der Waals surface area contributed by atoms with Crippen molar-refractivity contribution < 1.29 is 18.0 Å². The van der Waals surface area contributed by atoms with Crippen molar-refractivity contribution in [3.63, 3.8) is 0 Å². The minimum Gasteiger partial charge on any atom is -0.374 e. The van der Waals surface area contributed by atoms with Crippen LogP contribution in [0.1, 0.15) is 20.8 Å².